The van der Waals surface area contributed by atoms with E-state index in [9.17, 15) is 4.79 Å². The molecule has 2 aromatic heterocycles. The Bertz CT molecular complexity index is 1110. The number of nitrogens with one attached hydrogen (secondary N) is 1. The number of ether oxygens (including phenoxy) is 1. The van der Waals surface area contributed by atoms with Crippen molar-refractivity contribution < 1.29 is 9.53 Å². The van der Waals surface area contributed by atoms with Gasteiger partial charge in [-0.1, -0.05) is 42.5 Å². The van der Waals surface area contributed by atoms with Gasteiger partial charge in [0, 0.05) is 30.9 Å². The third kappa shape index (κ3) is 6.27. The van der Waals surface area contributed by atoms with E-state index in [1.54, 1.807) is 17.5 Å². The largest absolute Gasteiger partial charge is 0.489 e. The van der Waals surface area contributed by atoms with Gasteiger partial charge in [-0.3, -0.25) is 9.78 Å². The molecule has 0 aliphatic rings. The summed E-state index contributed by atoms with van der Waals surface area (Å²) in [5, 5.41) is 7.14. The first-order valence-electron chi connectivity index (χ1n) is 10.2. The van der Waals surface area contributed by atoms with Gasteiger partial charge in [-0.15, -0.1) is 0 Å². The van der Waals surface area contributed by atoms with Gasteiger partial charge in [0.1, 0.15) is 12.4 Å². The Labute approximate surface area is 186 Å². The highest BCUT2D eigenvalue weighted by Gasteiger charge is 2.06. The van der Waals surface area contributed by atoms with Crippen molar-refractivity contribution >= 4 is 17.2 Å². The highest BCUT2D eigenvalue weighted by molar-refractivity contribution is 7.08. The molecule has 31 heavy (non-hydrogen) atoms. The van der Waals surface area contributed by atoms with Crippen molar-refractivity contribution in [3.63, 3.8) is 0 Å². The van der Waals surface area contributed by atoms with Crippen molar-refractivity contribution in [1.29, 1.82) is 0 Å². The lowest BCUT2D eigenvalue weighted by Crippen LogP contribution is -2.23. The van der Waals surface area contributed by atoms with Crippen LogP contribution in [-0.4, -0.2) is 10.9 Å². The summed E-state index contributed by atoms with van der Waals surface area (Å²) < 4.78 is 5.88. The molecule has 4 aromatic rings. The highest BCUT2D eigenvalue weighted by atomic mass is 32.1. The van der Waals surface area contributed by atoms with E-state index in [-0.39, 0.29) is 5.91 Å². The first kappa shape index (κ1) is 20.8. The van der Waals surface area contributed by atoms with Crippen LogP contribution in [0.3, 0.4) is 0 Å². The summed E-state index contributed by atoms with van der Waals surface area (Å²) in [6.45, 7) is 1.01. The molecular formula is C26H24N2O2S. The van der Waals surface area contributed by atoms with E-state index >= 15 is 0 Å². The summed E-state index contributed by atoms with van der Waals surface area (Å²) in [6.07, 6.45) is 4.74. The zero-order valence-electron chi connectivity index (χ0n) is 17.2. The normalized spacial score (nSPS) is 10.6. The number of hydrogen-bond donors (Lipinski definition) is 1. The number of carbonyl (C=O) groups excluding carboxylic acids is 1. The fourth-order valence-corrected chi connectivity index (χ4v) is 3.91. The number of amides is 1. The number of nitrogens with zero attached hydrogens (tertiary/aromatic N) is 1. The molecule has 2 aromatic carbocycles. The molecular weight excluding hydrogens is 404 g/mol. The molecule has 4 rings (SSSR count). The van der Waals surface area contributed by atoms with Crippen molar-refractivity contribution in [2.45, 2.75) is 26.0 Å². The third-order valence-corrected chi connectivity index (χ3v) is 5.61. The average Bonchev–Trinajstić information content (AvgIpc) is 3.36. The lowest BCUT2D eigenvalue weighted by Gasteiger charge is -2.09. The van der Waals surface area contributed by atoms with Crippen LogP contribution >= 0.6 is 11.3 Å². The summed E-state index contributed by atoms with van der Waals surface area (Å²) in [6, 6.07) is 22.2. The Hall–Kier alpha value is -3.44. The van der Waals surface area contributed by atoms with Crippen LogP contribution in [0.5, 0.6) is 5.75 Å². The fourth-order valence-electron chi connectivity index (χ4n) is 3.25. The predicted octanol–water partition coefficient (Wildman–Crippen LogP) is 5.64. The first-order chi connectivity index (χ1) is 15.3. The second kappa shape index (κ2) is 10.5. The van der Waals surface area contributed by atoms with Gasteiger partial charge in [0.15, 0.2) is 0 Å². The molecule has 156 valence electrons. The lowest BCUT2D eigenvalue weighted by atomic mass is 10.1. The first-order valence-corrected chi connectivity index (χ1v) is 11.2. The van der Waals surface area contributed by atoms with Gasteiger partial charge >= 0.3 is 0 Å². The Balaban J connectivity index is 1.25. The molecule has 0 saturated carbocycles. The molecule has 0 saturated heterocycles. The van der Waals surface area contributed by atoms with Gasteiger partial charge < -0.3 is 10.1 Å². The van der Waals surface area contributed by atoms with Crippen molar-refractivity contribution in [2.75, 3.05) is 0 Å². The van der Waals surface area contributed by atoms with E-state index in [0.29, 0.717) is 26.0 Å². The monoisotopic (exact) mass is 428 g/mol. The average molecular weight is 429 g/mol. The van der Waals surface area contributed by atoms with Crippen LogP contribution in [0, 0.1) is 0 Å². The van der Waals surface area contributed by atoms with Crippen LogP contribution in [0.25, 0.3) is 11.1 Å². The van der Waals surface area contributed by atoms with Crippen molar-refractivity contribution in [2.24, 2.45) is 0 Å². The maximum atomic E-state index is 12.3. The van der Waals surface area contributed by atoms with E-state index in [4.69, 9.17) is 4.74 Å². The van der Waals surface area contributed by atoms with Crippen LogP contribution in [-0.2, 0) is 24.4 Å². The molecule has 0 fully saturated rings. The number of benzene rings is 2. The van der Waals surface area contributed by atoms with E-state index in [0.717, 1.165) is 33.6 Å². The van der Waals surface area contributed by atoms with Gasteiger partial charge in [0.2, 0.25) is 5.91 Å². The molecule has 0 bridgehead atoms. The SMILES string of the molecule is O=C(CCc1cccc(OCc2ccccc2)c1)NCc1cncc(-c2ccsc2)c1. The fraction of sp³-hybridized carbons (Fsp3) is 0.154. The number of carbonyl (C=O) groups is 1. The Morgan fingerprint density at radius 2 is 1.77 bits per heavy atom. The van der Waals surface area contributed by atoms with Crippen LogP contribution in [0.4, 0.5) is 0 Å². The number of hydrogen-bond acceptors (Lipinski definition) is 4. The topological polar surface area (TPSA) is 51.2 Å². The smallest absolute Gasteiger partial charge is 0.220 e. The number of aromatic nitrogens is 1. The summed E-state index contributed by atoms with van der Waals surface area (Å²) >= 11 is 1.66. The molecule has 0 aliphatic heterocycles. The van der Waals surface area contributed by atoms with Crippen LogP contribution < -0.4 is 10.1 Å². The Kier molecular flexibility index (Phi) is 7.08. The molecule has 5 heteroatoms. The number of pyridine rings is 1. The number of thiophene rings is 1. The molecule has 4 nitrogen and oxygen atoms in total. The van der Waals surface area contributed by atoms with E-state index in [1.165, 1.54) is 0 Å². The van der Waals surface area contributed by atoms with Crippen LogP contribution in [0.1, 0.15) is 23.1 Å². The number of aryl methyl sites for hydroxylation is 1. The minimum absolute atomic E-state index is 0.0246. The van der Waals surface area contributed by atoms with E-state index in [1.807, 2.05) is 66.2 Å². The molecule has 1 N–H and O–H groups in total. The maximum absolute atomic E-state index is 12.3. The van der Waals surface area contributed by atoms with Crippen molar-refractivity contribution in [1.82, 2.24) is 10.3 Å². The summed E-state index contributed by atoms with van der Waals surface area (Å²) in [5.74, 6) is 0.842. The zero-order valence-corrected chi connectivity index (χ0v) is 18.0. The maximum Gasteiger partial charge on any atom is 0.220 e. The minimum Gasteiger partial charge on any atom is -0.489 e. The van der Waals surface area contributed by atoms with Crippen molar-refractivity contribution in [3.8, 4) is 16.9 Å². The van der Waals surface area contributed by atoms with Crippen LogP contribution in [0.15, 0.2) is 89.9 Å². The van der Waals surface area contributed by atoms with Gasteiger partial charge in [0.05, 0.1) is 0 Å². The second-order valence-corrected chi connectivity index (χ2v) is 8.07. The van der Waals surface area contributed by atoms with E-state index in [2.05, 4.69) is 27.8 Å². The van der Waals surface area contributed by atoms with Gasteiger partial charge in [-0.2, -0.15) is 11.3 Å². The lowest BCUT2D eigenvalue weighted by molar-refractivity contribution is -0.121. The molecule has 0 atom stereocenters. The molecule has 0 aliphatic carbocycles. The van der Waals surface area contributed by atoms with Gasteiger partial charge in [-0.25, -0.2) is 0 Å². The quantitative estimate of drug-likeness (QED) is 0.375. The Morgan fingerprint density at radius 3 is 2.61 bits per heavy atom. The third-order valence-electron chi connectivity index (χ3n) is 4.93. The van der Waals surface area contributed by atoms with Crippen LogP contribution in [0.2, 0.25) is 0 Å². The summed E-state index contributed by atoms with van der Waals surface area (Å²) in [5.41, 5.74) is 5.43. The minimum atomic E-state index is 0.0246. The van der Waals surface area contributed by atoms with Gasteiger partial charge in [-0.05, 0) is 63.7 Å². The number of rotatable bonds is 9. The molecule has 2 heterocycles. The Morgan fingerprint density at radius 1 is 0.903 bits per heavy atom. The second-order valence-electron chi connectivity index (χ2n) is 7.29. The summed E-state index contributed by atoms with van der Waals surface area (Å²) in [4.78, 5) is 16.6. The highest BCUT2D eigenvalue weighted by Crippen LogP contribution is 2.22. The summed E-state index contributed by atoms with van der Waals surface area (Å²) in [7, 11) is 0. The molecule has 0 radical (unpaired) electrons. The van der Waals surface area contributed by atoms with Gasteiger partial charge in [0.25, 0.3) is 0 Å². The zero-order chi connectivity index (χ0) is 21.3. The molecule has 0 unspecified atom stereocenters. The standard InChI is InChI=1S/C26H24N2O2S/c29-26(28-16-22-13-24(17-27-15-22)23-11-12-31-19-23)10-9-20-7-4-8-25(14-20)30-18-21-5-2-1-3-6-21/h1-8,11-15,17,19H,9-10,16,18H2,(H,28,29). The molecule has 0 spiro atoms. The predicted molar refractivity (Wildman–Crippen MR) is 125 cm³/mol. The van der Waals surface area contributed by atoms with Crippen molar-refractivity contribution in [3.05, 3.63) is 107 Å². The van der Waals surface area contributed by atoms with E-state index < -0.39 is 0 Å². The molecule has 1 amide bonds.